The van der Waals surface area contributed by atoms with Crippen LogP contribution in [0.15, 0.2) is 0 Å². The van der Waals surface area contributed by atoms with Crippen LogP contribution < -0.4 is 5.32 Å². The molecule has 0 bridgehead atoms. The highest BCUT2D eigenvalue weighted by molar-refractivity contribution is 5.74. The molecule has 6 nitrogen and oxygen atoms in total. The molecular weight excluding hydrogens is 210 g/mol. The molecule has 0 saturated carbocycles. The van der Waals surface area contributed by atoms with Crippen molar-refractivity contribution in [3.63, 3.8) is 0 Å². The first-order valence-electron chi connectivity index (χ1n) is 5.29. The zero-order valence-corrected chi connectivity index (χ0v) is 10.2. The van der Waals surface area contributed by atoms with Crippen molar-refractivity contribution in [1.82, 2.24) is 15.1 Å². The summed E-state index contributed by atoms with van der Waals surface area (Å²) in [5.41, 5.74) is 0. The minimum absolute atomic E-state index is 0.0262. The summed E-state index contributed by atoms with van der Waals surface area (Å²) in [7, 11) is 5.53. The molecular formula is C10H21N3O3. The molecule has 0 saturated heterocycles. The molecule has 0 spiro atoms. The number of carboxylic acids is 1. The number of nitrogens with zero attached hydrogens (tertiary/aromatic N) is 2. The Hall–Kier alpha value is -1.30. The van der Waals surface area contributed by atoms with E-state index in [-0.39, 0.29) is 19.0 Å². The highest BCUT2D eigenvalue weighted by Crippen LogP contribution is 1.89. The van der Waals surface area contributed by atoms with E-state index in [0.717, 1.165) is 13.0 Å². The van der Waals surface area contributed by atoms with E-state index >= 15 is 0 Å². The Morgan fingerprint density at radius 3 is 2.31 bits per heavy atom. The van der Waals surface area contributed by atoms with Crippen LogP contribution in [0, 0.1) is 0 Å². The number of rotatable bonds is 7. The lowest BCUT2D eigenvalue weighted by molar-refractivity contribution is -0.137. The maximum absolute atomic E-state index is 11.4. The average Bonchev–Trinajstić information content (AvgIpc) is 2.20. The smallest absolute Gasteiger partial charge is 0.317 e. The molecule has 0 aliphatic carbocycles. The number of amides is 2. The van der Waals surface area contributed by atoms with Crippen LogP contribution in [0.1, 0.15) is 12.8 Å². The Labute approximate surface area is 96.2 Å². The van der Waals surface area contributed by atoms with Gasteiger partial charge in [-0.05, 0) is 27.1 Å². The molecule has 0 atom stereocenters. The molecule has 0 unspecified atom stereocenters. The summed E-state index contributed by atoms with van der Waals surface area (Å²) in [5, 5.41) is 11.2. The number of carbonyl (C=O) groups is 2. The largest absolute Gasteiger partial charge is 0.481 e. The van der Waals surface area contributed by atoms with Crippen molar-refractivity contribution in [1.29, 1.82) is 0 Å². The van der Waals surface area contributed by atoms with Crippen LogP contribution in [-0.2, 0) is 4.79 Å². The molecule has 0 aliphatic heterocycles. The molecule has 0 rings (SSSR count). The molecule has 0 fully saturated rings. The molecule has 6 heteroatoms. The summed E-state index contributed by atoms with van der Waals surface area (Å²) >= 11 is 0. The van der Waals surface area contributed by atoms with Gasteiger partial charge in [-0.3, -0.25) is 4.79 Å². The monoisotopic (exact) mass is 231 g/mol. The predicted molar refractivity (Wildman–Crippen MR) is 61.5 cm³/mol. The number of urea groups is 1. The van der Waals surface area contributed by atoms with E-state index in [9.17, 15) is 9.59 Å². The van der Waals surface area contributed by atoms with E-state index in [1.807, 2.05) is 19.0 Å². The number of hydrogen-bond acceptors (Lipinski definition) is 3. The second kappa shape index (κ2) is 7.92. The lowest BCUT2D eigenvalue weighted by atomic mass is 10.4. The number of aliphatic carboxylic acids is 1. The molecule has 0 radical (unpaired) electrons. The van der Waals surface area contributed by atoms with Crippen molar-refractivity contribution >= 4 is 12.0 Å². The molecule has 16 heavy (non-hydrogen) atoms. The SMILES string of the molecule is CN(C)CCCNC(=O)N(C)CCC(=O)O. The fourth-order valence-corrected chi connectivity index (χ4v) is 1.09. The molecule has 0 aromatic rings. The van der Waals surface area contributed by atoms with Crippen molar-refractivity contribution in [2.45, 2.75) is 12.8 Å². The lowest BCUT2D eigenvalue weighted by Gasteiger charge is -2.17. The topological polar surface area (TPSA) is 72.9 Å². The van der Waals surface area contributed by atoms with Gasteiger partial charge in [-0.25, -0.2) is 4.79 Å². The van der Waals surface area contributed by atoms with Gasteiger partial charge in [0.05, 0.1) is 6.42 Å². The standard InChI is InChI=1S/C10H21N3O3/c1-12(2)7-4-6-11-10(16)13(3)8-5-9(14)15/h4-8H2,1-3H3,(H,11,16)(H,14,15). The molecule has 2 amide bonds. The molecule has 0 heterocycles. The third-order valence-corrected chi connectivity index (χ3v) is 2.07. The molecule has 2 N–H and O–H groups in total. The van der Waals surface area contributed by atoms with Gasteiger partial charge in [0.15, 0.2) is 0 Å². The van der Waals surface area contributed by atoms with Gasteiger partial charge < -0.3 is 20.2 Å². The van der Waals surface area contributed by atoms with Crippen LogP contribution in [0.25, 0.3) is 0 Å². The zero-order valence-electron chi connectivity index (χ0n) is 10.2. The first-order valence-corrected chi connectivity index (χ1v) is 5.29. The Morgan fingerprint density at radius 1 is 1.19 bits per heavy atom. The first-order chi connectivity index (χ1) is 7.43. The Kier molecular flexibility index (Phi) is 7.28. The summed E-state index contributed by atoms with van der Waals surface area (Å²) < 4.78 is 0. The second-order valence-electron chi connectivity index (χ2n) is 3.95. The normalized spacial score (nSPS) is 10.2. The van der Waals surface area contributed by atoms with Crippen LogP contribution in [0.4, 0.5) is 4.79 Å². The second-order valence-corrected chi connectivity index (χ2v) is 3.95. The fraction of sp³-hybridized carbons (Fsp3) is 0.800. The van der Waals surface area contributed by atoms with Gasteiger partial charge in [0.25, 0.3) is 0 Å². The molecule has 94 valence electrons. The quantitative estimate of drug-likeness (QED) is 0.607. The Morgan fingerprint density at radius 2 is 1.81 bits per heavy atom. The highest BCUT2D eigenvalue weighted by Gasteiger charge is 2.08. The van der Waals surface area contributed by atoms with E-state index in [1.54, 1.807) is 7.05 Å². The van der Waals surface area contributed by atoms with Gasteiger partial charge in [-0.15, -0.1) is 0 Å². The number of carboxylic acid groups (broad SMARTS) is 1. The summed E-state index contributed by atoms with van der Waals surface area (Å²) in [4.78, 5) is 25.1. The van der Waals surface area contributed by atoms with Crippen molar-refractivity contribution in [3.05, 3.63) is 0 Å². The third-order valence-electron chi connectivity index (χ3n) is 2.07. The molecule has 0 aliphatic rings. The van der Waals surface area contributed by atoms with Gasteiger partial charge in [0.1, 0.15) is 0 Å². The summed E-state index contributed by atoms with van der Waals surface area (Å²) in [5.74, 6) is -0.896. The first kappa shape index (κ1) is 14.7. The van der Waals surface area contributed by atoms with Crippen LogP contribution in [0.5, 0.6) is 0 Å². The van der Waals surface area contributed by atoms with Crippen molar-refractivity contribution in [3.8, 4) is 0 Å². The van der Waals surface area contributed by atoms with E-state index in [0.29, 0.717) is 6.54 Å². The van der Waals surface area contributed by atoms with Gasteiger partial charge in [0, 0.05) is 20.1 Å². The van der Waals surface area contributed by atoms with E-state index in [4.69, 9.17) is 5.11 Å². The predicted octanol–water partition coefficient (Wildman–Crippen LogP) is 0.0542. The van der Waals surface area contributed by atoms with E-state index in [1.165, 1.54) is 4.90 Å². The summed E-state index contributed by atoms with van der Waals surface area (Å²) in [6.07, 6.45) is 0.854. The van der Waals surface area contributed by atoms with E-state index in [2.05, 4.69) is 5.32 Å². The minimum Gasteiger partial charge on any atom is -0.481 e. The van der Waals surface area contributed by atoms with Gasteiger partial charge in [0.2, 0.25) is 0 Å². The molecule has 0 aromatic heterocycles. The molecule has 0 aromatic carbocycles. The zero-order chi connectivity index (χ0) is 12.6. The van der Waals surface area contributed by atoms with Crippen LogP contribution in [-0.4, -0.2) is 67.7 Å². The van der Waals surface area contributed by atoms with Crippen LogP contribution >= 0.6 is 0 Å². The third kappa shape index (κ3) is 8.05. The highest BCUT2D eigenvalue weighted by atomic mass is 16.4. The fourth-order valence-electron chi connectivity index (χ4n) is 1.09. The average molecular weight is 231 g/mol. The Balaban J connectivity index is 3.59. The number of hydrogen-bond donors (Lipinski definition) is 2. The van der Waals surface area contributed by atoms with Gasteiger partial charge in [-0.2, -0.15) is 0 Å². The van der Waals surface area contributed by atoms with Gasteiger partial charge in [-0.1, -0.05) is 0 Å². The van der Waals surface area contributed by atoms with Crippen molar-refractivity contribution < 1.29 is 14.7 Å². The van der Waals surface area contributed by atoms with Crippen molar-refractivity contribution in [2.75, 3.05) is 40.8 Å². The summed E-state index contributed by atoms with van der Waals surface area (Å²) in [6, 6.07) is -0.222. The van der Waals surface area contributed by atoms with Gasteiger partial charge >= 0.3 is 12.0 Å². The minimum atomic E-state index is -0.896. The van der Waals surface area contributed by atoms with Crippen molar-refractivity contribution in [2.24, 2.45) is 0 Å². The van der Waals surface area contributed by atoms with Crippen LogP contribution in [0.2, 0.25) is 0 Å². The lowest BCUT2D eigenvalue weighted by Crippen LogP contribution is -2.39. The maximum atomic E-state index is 11.4. The number of nitrogens with one attached hydrogen (secondary N) is 1. The van der Waals surface area contributed by atoms with E-state index < -0.39 is 5.97 Å². The number of carbonyl (C=O) groups excluding carboxylic acids is 1. The Bertz CT molecular complexity index is 231. The summed E-state index contributed by atoms with van der Waals surface area (Å²) in [6.45, 7) is 1.75. The maximum Gasteiger partial charge on any atom is 0.317 e. The van der Waals surface area contributed by atoms with Crippen LogP contribution in [0.3, 0.4) is 0 Å².